The van der Waals surface area contributed by atoms with Crippen LogP contribution < -0.4 is 5.73 Å². The number of Topliss-reactive ketones (excluding diaryl/α,β-unsaturated/α-hetero) is 1. The lowest BCUT2D eigenvalue weighted by atomic mass is 10.1. The molecule has 4 N–H and O–H groups in total. The van der Waals surface area contributed by atoms with Crippen molar-refractivity contribution in [3.05, 3.63) is 110 Å². The molecule has 0 amide bonds. The fourth-order valence-electron chi connectivity index (χ4n) is 4.25. The minimum Gasteiger partial charge on any atom is -0.477 e. The van der Waals surface area contributed by atoms with Crippen molar-refractivity contribution in [3.63, 3.8) is 0 Å². The number of fused-ring (bicyclic) bond motifs is 2. The van der Waals surface area contributed by atoms with Crippen molar-refractivity contribution in [1.82, 2.24) is 4.98 Å². The summed E-state index contributed by atoms with van der Waals surface area (Å²) < 4.78 is 7.91. The van der Waals surface area contributed by atoms with E-state index in [2.05, 4.69) is 79.1 Å². The number of rotatable bonds is 3. The number of thiophene rings is 1. The van der Waals surface area contributed by atoms with Gasteiger partial charge in [-0.2, -0.15) is 0 Å². The first kappa shape index (κ1) is 33.5. The molecule has 10 heteroatoms. The number of benzene rings is 3. The van der Waals surface area contributed by atoms with Crippen molar-refractivity contribution in [2.75, 3.05) is 19.8 Å². The van der Waals surface area contributed by atoms with Crippen molar-refractivity contribution in [3.8, 4) is 0 Å². The lowest BCUT2D eigenvalue weighted by Crippen LogP contribution is -2.18. The third-order valence-electron chi connectivity index (χ3n) is 6.65. The highest BCUT2D eigenvalue weighted by Crippen LogP contribution is 2.28. The number of carboxylic acid groups (broad SMARTS) is 1. The number of aromatic nitrogens is 1. The highest BCUT2D eigenvalue weighted by atomic mass is 79.9. The van der Waals surface area contributed by atoms with Gasteiger partial charge in [-0.15, -0.1) is 11.3 Å². The number of hydrogen-bond acceptors (Lipinski definition) is 6. The molecular formula is C34H33Br2N3O4S. The van der Waals surface area contributed by atoms with Gasteiger partial charge in [-0.3, -0.25) is 9.79 Å². The van der Waals surface area contributed by atoms with Gasteiger partial charge in [0.2, 0.25) is 0 Å². The van der Waals surface area contributed by atoms with Gasteiger partial charge in [0, 0.05) is 50.3 Å². The second-order valence-electron chi connectivity index (χ2n) is 10.2. The Kier molecular flexibility index (Phi) is 12.2. The Morgan fingerprint density at radius 1 is 1.00 bits per heavy atom. The van der Waals surface area contributed by atoms with Gasteiger partial charge < -0.3 is 20.6 Å². The molecule has 44 heavy (non-hydrogen) atoms. The van der Waals surface area contributed by atoms with E-state index in [0.29, 0.717) is 16.6 Å². The number of carboxylic acids is 1. The number of aromatic carboxylic acids is 1. The molecule has 1 atom stereocenters. The Morgan fingerprint density at radius 2 is 1.70 bits per heavy atom. The first-order chi connectivity index (χ1) is 21.1. The summed E-state index contributed by atoms with van der Waals surface area (Å²) >= 11 is 8.00. The Balaban J connectivity index is 0.000000138. The van der Waals surface area contributed by atoms with Crippen LogP contribution in [0.1, 0.15) is 44.6 Å². The molecule has 228 valence electrons. The van der Waals surface area contributed by atoms with Gasteiger partial charge in [-0.1, -0.05) is 79.9 Å². The number of aryl methyl sites for hydroxylation is 1. The summed E-state index contributed by atoms with van der Waals surface area (Å²) in [6, 6.07) is 24.0. The molecule has 1 saturated heterocycles. The van der Waals surface area contributed by atoms with Crippen LogP contribution in [-0.4, -0.2) is 53.9 Å². The van der Waals surface area contributed by atoms with Crippen molar-refractivity contribution in [1.29, 1.82) is 0 Å². The Morgan fingerprint density at radius 3 is 2.27 bits per heavy atom. The lowest BCUT2D eigenvalue weighted by molar-refractivity contribution is 0.0702. The lowest BCUT2D eigenvalue weighted by Gasteiger charge is -1.98. The zero-order valence-corrected chi connectivity index (χ0v) is 28.3. The van der Waals surface area contributed by atoms with E-state index in [1.54, 1.807) is 13.0 Å². The van der Waals surface area contributed by atoms with Crippen molar-refractivity contribution in [2.45, 2.75) is 26.3 Å². The number of carbonyl (C=O) groups is 2. The summed E-state index contributed by atoms with van der Waals surface area (Å²) in [6.07, 6.45) is 5.12. The number of ketones is 1. The van der Waals surface area contributed by atoms with Gasteiger partial charge in [0.15, 0.2) is 5.78 Å². The highest BCUT2D eigenvalue weighted by molar-refractivity contribution is 9.10. The zero-order valence-electron chi connectivity index (χ0n) is 24.3. The van der Waals surface area contributed by atoms with Crippen LogP contribution >= 0.6 is 43.2 Å². The molecule has 7 nitrogen and oxygen atoms in total. The van der Waals surface area contributed by atoms with Crippen molar-refractivity contribution < 1.29 is 19.4 Å². The quantitative estimate of drug-likeness (QED) is 0.160. The molecule has 2 aliphatic rings. The molecule has 1 fully saturated rings. The van der Waals surface area contributed by atoms with Crippen LogP contribution in [0.4, 0.5) is 0 Å². The van der Waals surface area contributed by atoms with Gasteiger partial charge >= 0.3 is 5.97 Å². The number of ether oxygens (including phenoxy) is 1. The van der Waals surface area contributed by atoms with E-state index in [9.17, 15) is 9.59 Å². The SMILES string of the molecule is CC(=O)c1cc2ccc(Br)cc2[nH]1.Cc1ccc(C2=CCN=C2)cc1.NC1CCOC1.O=C(O)c1cc2ccc(Br)cc2s1. The second-order valence-corrected chi connectivity index (χ2v) is 13.1. The maximum atomic E-state index is 11.1. The number of halogens is 2. The average Bonchev–Trinajstić information content (AvgIpc) is 3.81. The minimum atomic E-state index is -0.864. The topological polar surface area (TPSA) is 118 Å². The maximum Gasteiger partial charge on any atom is 0.345 e. The number of nitrogens with zero attached hydrogens (tertiary/aromatic N) is 1. The fraction of sp³-hybridized carbons (Fsp3) is 0.206. The van der Waals surface area contributed by atoms with Gasteiger partial charge in [0.05, 0.1) is 18.8 Å². The number of H-pyrrole nitrogens is 1. The van der Waals surface area contributed by atoms with E-state index < -0.39 is 5.97 Å². The molecule has 5 aromatic rings. The number of nitrogens with one attached hydrogen (secondary N) is 1. The molecule has 4 heterocycles. The molecule has 7 rings (SSSR count). The number of aromatic amines is 1. The summed E-state index contributed by atoms with van der Waals surface area (Å²) in [5, 5.41) is 10.8. The van der Waals surface area contributed by atoms with E-state index in [1.807, 2.05) is 48.7 Å². The number of aliphatic imine (C=N–C) groups is 1. The summed E-state index contributed by atoms with van der Waals surface area (Å²) in [5.74, 6) is -0.801. The predicted octanol–water partition coefficient (Wildman–Crippen LogP) is 8.69. The van der Waals surface area contributed by atoms with E-state index in [0.717, 1.165) is 56.1 Å². The summed E-state index contributed by atoms with van der Waals surface area (Å²) in [5.41, 5.74) is 10.9. The number of hydrogen-bond donors (Lipinski definition) is 3. The Hall–Kier alpha value is -3.41. The monoisotopic (exact) mass is 737 g/mol. The van der Waals surface area contributed by atoms with Crippen LogP contribution in [0.5, 0.6) is 0 Å². The summed E-state index contributed by atoms with van der Waals surface area (Å²) in [6.45, 7) is 6.12. The van der Waals surface area contributed by atoms with Crippen LogP contribution in [0.2, 0.25) is 0 Å². The molecular weight excluding hydrogens is 706 g/mol. The van der Waals surface area contributed by atoms with Crippen LogP contribution in [0.15, 0.2) is 92.8 Å². The molecule has 0 spiro atoms. The normalized spacial score (nSPS) is 15.0. The molecule has 1 unspecified atom stereocenters. The predicted molar refractivity (Wildman–Crippen MR) is 188 cm³/mol. The molecule has 0 bridgehead atoms. The second kappa shape index (κ2) is 16.1. The van der Waals surface area contributed by atoms with E-state index >= 15 is 0 Å². The van der Waals surface area contributed by atoms with Crippen LogP contribution in [-0.2, 0) is 4.74 Å². The van der Waals surface area contributed by atoms with E-state index in [-0.39, 0.29) is 5.78 Å². The first-order valence-corrected chi connectivity index (χ1v) is 16.3. The van der Waals surface area contributed by atoms with Gasteiger partial charge in [-0.25, -0.2) is 4.79 Å². The van der Waals surface area contributed by atoms with Crippen LogP contribution in [0, 0.1) is 6.92 Å². The molecule has 3 aromatic carbocycles. The molecule has 0 aliphatic carbocycles. The number of carbonyl (C=O) groups excluding carboxylic acids is 1. The average molecular weight is 740 g/mol. The molecule has 0 radical (unpaired) electrons. The van der Waals surface area contributed by atoms with Gasteiger partial charge in [-0.05, 0) is 66.3 Å². The number of nitrogens with two attached hydrogens (primary N) is 1. The fourth-order valence-corrected chi connectivity index (χ4v) is 6.06. The third kappa shape index (κ3) is 9.80. The van der Waals surface area contributed by atoms with Crippen LogP contribution in [0.25, 0.3) is 26.6 Å². The smallest absolute Gasteiger partial charge is 0.345 e. The first-order valence-electron chi connectivity index (χ1n) is 13.9. The minimum absolute atomic E-state index is 0.0623. The Bertz CT molecular complexity index is 1710. The van der Waals surface area contributed by atoms with E-state index in [1.165, 1.54) is 28.0 Å². The third-order valence-corrected chi connectivity index (χ3v) is 8.73. The largest absolute Gasteiger partial charge is 0.477 e. The molecule has 0 saturated carbocycles. The standard InChI is InChI=1S/C11H11N.C10H8BrNO.C9H5BrO2S.C4H9NO/c1-9-2-4-10(5-3-9)11-6-7-12-8-11;1-6(13)9-4-7-2-3-8(11)5-10(7)12-9;10-6-2-1-5-3-8(9(11)12)13-7(5)4-6;5-4-1-2-6-3-4/h2-6,8H,7H2,1H3;2-5,12H,1H3;1-4H,(H,11,12);4H,1-3,5H2. The summed E-state index contributed by atoms with van der Waals surface area (Å²) in [4.78, 5) is 29.3. The van der Waals surface area contributed by atoms with Crippen molar-refractivity contribution >= 4 is 87.7 Å². The van der Waals surface area contributed by atoms with Crippen molar-refractivity contribution in [2.24, 2.45) is 10.7 Å². The summed E-state index contributed by atoms with van der Waals surface area (Å²) in [7, 11) is 0. The number of allylic oxidation sites excluding steroid dienone is 1. The van der Waals surface area contributed by atoms with Gasteiger partial charge in [0.25, 0.3) is 0 Å². The highest BCUT2D eigenvalue weighted by Gasteiger charge is 2.09. The molecule has 2 aliphatic heterocycles. The Labute approximate surface area is 277 Å². The van der Waals surface area contributed by atoms with Crippen LogP contribution in [0.3, 0.4) is 0 Å². The molecule has 2 aromatic heterocycles. The zero-order chi connectivity index (χ0) is 31.6. The van der Waals surface area contributed by atoms with E-state index in [4.69, 9.17) is 15.6 Å². The maximum absolute atomic E-state index is 11.1. The van der Waals surface area contributed by atoms with Gasteiger partial charge in [0.1, 0.15) is 4.88 Å².